The molecule has 0 amide bonds. The second-order valence-electron chi connectivity index (χ2n) is 6.81. The highest BCUT2D eigenvalue weighted by Gasteiger charge is 2.23. The fourth-order valence-electron chi connectivity index (χ4n) is 3.54. The molecule has 0 unspecified atom stereocenters. The van der Waals surface area contributed by atoms with Crippen molar-refractivity contribution in [1.82, 2.24) is 0 Å². The first-order valence-electron chi connectivity index (χ1n) is 9.56. The highest BCUT2D eigenvalue weighted by atomic mass is 32.2. The van der Waals surface area contributed by atoms with Gasteiger partial charge < -0.3 is 0 Å². The van der Waals surface area contributed by atoms with Crippen LogP contribution in [0.3, 0.4) is 0 Å². The van der Waals surface area contributed by atoms with Gasteiger partial charge in [0, 0.05) is 23.3 Å². The molecule has 0 bridgehead atoms. The van der Waals surface area contributed by atoms with Crippen LogP contribution in [0.15, 0.2) is 107 Å². The van der Waals surface area contributed by atoms with Gasteiger partial charge in [0.25, 0.3) is 11.4 Å². The Hall–Kier alpha value is -4.17. The van der Waals surface area contributed by atoms with Crippen molar-refractivity contribution in [3.63, 3.8) is 0 Å². The van der Waals surface area contributed by atoms with Crippen LogP contribution in [0, 0.1) is 20.2 Å². The molecule has 0 aliphatic carbocycles. The molecule has 0 saturated carbocycles. The van der Waals surface area contributed by atoms with E-state index < -0.39 is 20.6 Å². The Balaban J connectivity index is 1.90. The van der Waals surface area contributed by atoms with Gasteiger partial charge >= 0.3 is 0 Å². The van der Waals surface area contributed by atoms with Crippen molar-refractivity contribution in [3.8, 4) is 22.3 Å². The molecule has 4 aromatic carbocycles. The van der Waals surface area contributed by atoms with E-state index in [1.165, 1.54) is 12.1 Å². The smallest absolute Gasteiger partial charge is 0.258 e. The molecule has 0 aliphatic rings. The van der Waals surface area contributed by atoms with E-state index in [0.29, 0.717) is 32.0 Å². The molecule has 8 heteroatoms. The van der Waals surface area contributed by atoms with E-state index in [0.717, 1.165) is 0 Å². The van der Waals surface area contributed by atoms with Crippen LogP contribution in [0.25, 0.3) is 22.3 Å². The fourth-order valence-corrected chi connectivity index (χ4v) is 4.94. The van der Waals surface area contributed by atoms with Gasteiger partial charge in [0.2, 0.25) is 0 Å². The normalized spacial score (nSPS) is 10.8. The molecule has 0 radical (unpaired) electrons. The van der Waals surface area contributed by atoms with Crippen molar-refractivity contribution in [1.29, 1.82) is 0 Å². The topological polar surface area (TPSA) is 103 Å². The predicted molar refractivity (Wildman–Crippen MR) is 122 cm³/mol. The molecular weight excluding hydrogens is 428 g/mol. The fraction of sp³-hybridized carbons (Fsp3) is 0. The highest BCUT2D eigenvalue weighted by molar-refractivity contribution is 7.85. The molecule has 7 nitrogen and oxygen atoms in total. The highest BCUT2D eigenvalue weighted by Crippen LogP contribution is 2.38. The Labute approximate surface area is 185 Å². The largest absolute Gasteiger partial charge is 0.277 e. The molecule has 0 aliphatic heterocycles. The van der Waals surface area contributed by atoms with Crippen LogP contribution in [0.1, 0.15) is 0 Å². The lowest BCUT2D eigenvalue weighted by Gasteiger charge is -2.13. The van der Waals surface area contributed by atoms with E-state index in [-0.39, 0.29) is 11.4 Å². The third-order valence-corrected chi connectivity index (χ3v) is 6.47. The third-order valence-electron chi connectivity index (χ3n) is 4.96. The van der Waals surface area contributed by atoms with E-state index in [2.05, 4.69) is 0 Å². The molecule has 0 heterocycles. The lowest BCUT2D eigenvalue weighted by atomic mass is 10.0. The number of nitro groups is 2. The Bertz CT molecular complexity index is 1270. The van der Waals surface area contributed by atoms with Crippen LogP contribution in [0.2, 0.25) is 0 Å². The minimum atomic E-state index is -1.76. The number of nitrogens with zero attached hydrogens (tertiary/aromatic N) is 2. The van der Waals surface area contributed by atoms with Gasteiger partial charge in [-0.1, -0.05) is 60.7 Å². The minimum absolute atomic E-state index is 0.0936. The van der Waals surface area contributed by atoms with E-state index in [4.69, 9.17) is 0 Å². The van der Waals surface area contributed by atoms with E-state index in [1.54, 1.807) is 84.9 Å². The Morgan fingerprint density at radius 3 is 1.19 bits per heavy atom. The molecule has 4 rings (SSSR count). The van der Waals surface area contributed by atoms with E-state index >= 15 is 0 Å². The third kappa shape index (κ3) is 3.91. The molecule has 0 atom stereocenters. The van der Waals surface area contributed by atoms with Crippen LogP contribution in [-0.4, -0.2) is 14.1 Å². The molecule has 0 saturated heterocycles. The Morgan fingerprint density at radius 2 is 0.812 bits per heavy atom. The number of para-hydroxylation sites is 2. The molecular formula is C24H16N2O5S. The second-order valence-corrected chi connectivity index (χ2v) is 8.23. The zero-order valence-corrected chi connectivity index (χ0v) is 17.4. The number of nitro benzene ring substituents is 2. The van der Waals surface area contributed by atoms with Gasteiger partial charge in [0.1, 0.15) is 0 Å². The maximum absolute atomic E-state index is 13.8. The summed E-state index contributed by atoms with van der Waals surface area (Å²) in [4.78, 5) is 22.9. The van der Waals surface area contributed by atoms with Crippen molar-refractivity contribution in [2.75, 3.05) is 0 Å². The molecule has 0 N–H and O–H groups in total. The zero-order valence-electron chi connectivity index (χ0n) is 16.6. The van der Waals surface area contributed by atoms with Gasteiger partial charge in [0.15, 0.2) is 0 Å². The predicted octanol–water partition coefficient (Wildman–Crippen LogP) is 6.00. The monoisotopic (exact) mass is 444 g/mol. The number of hydrogen-bond acceptors (Lipinski definition) is 5. The van der Waals surface area contributed by atoms with Crippen molar-refractivity contribution in [2.45, 2.75) is 9.79 Å². The van der Waals surface area contributed by atoms with Gasteiger partial charge in [-0.05, 0) is 24.3 Å². The van der Waals surface area contributed by atoms with Gasteiger partial charge in [-0.2, -0.15) is 0 Å². The maximum Gasteiger partial charge on any atom is 0.277 e. The van der Waals surface area contributed by atoms with E-state index in [9.17, 15) is 24.4 Å². The first-order valence-corrected chi connectivity index (χ1v) is 10.7. The average molecular weight is 444 g/mol. The summed E-state index contributed by atoms with van der Waals surface area (Å²) < 4.78 is 13.8. The molecule has 4 aromatic rings. The van der Waals surface area contributed by atoms with Crippen molar-refractivity contribution in [2.24, 2.45) is 0 Å². The molecule has 32 heavy (non-hydrogen) atoms. The van der Waals surface area contributed by atoms with Crippen molar-refractivity contribution < 1.29 is 14.1 Å². The summed E-state index contributed by atoms with van der Waals surface area (Å²) in [6.07, 6.45) is 0. The molecule has 0 fully saturated rings. The second kappa shape index (κ2) is 8.91. The first kappa shape index (κ1) is 21.1. The zero-order chi connectivity index (χ0) is 22.7. The Kier molecular flexibility index (Phi) is 5.87. The Morgan fingerprint density at radius 1 is 0.500 bits per heavy atom. The summed E-state index contributed by atoms with van der Waals surface area (Å²) in [5.74, 6) is 0. The summed E-state index contributed by atoms with van der Waals surface area (Å²) in [5, 5.41) is 23.1. The molecule has 0 spiro atoms. The quantitative estimate of drug-likeness (QED) is 0.268. The first-order chi connectivity index (χ1) is 15.5. The summed E-state index contributed by atoms with van der Waals surface area (Å²) >= 11 is 0. The lowest BCUT2D eigenvalue weighted by molar-refractivity contribution is -0.384. The average Bonchev–Trinajstić information content (AvgIpc) is 2.83. The number of rotatable bonds is 6. The summed E-state index contributed by atoms with van der Waals surface area (Å²) in [6.45, 7) is 0. The van der Waals surface area contributed by atoms with Crippen LogP contribution >= 0.6 is 0 Å². The summed E-state index contributed by atoms with van der Waals surface area (Å²) in [5.41, 5.74) is 1.45. The standard InChI is InChI=1S/C24H16N2O5S/c27-25(28)21-13-5-1-9-17(21)19-11-3-7-15-23(19)32(31)24-16-8-4-12-20(24)18-10-2-6-14-22(18)26(29)30/h1-16H. The number of hydrogen-bond donors (Lipinski definition) is 0. The van der Waals surface area contributed by atoms with Crippen molar-refractivity contribution in [3.05, 3.63) is 117 Å². The van der Waals surface area contributed by atoms with Gasteiger partial charge in [-0.15, -0.1) is 0 Å². The maximum atomic E-state index is 13.8. The summed E-state index contributed by atoms with van der Waals surface area (Å²) in [6, 6.07) is 26.1. The number of benzene rings is 4. The van der Waals surface area contributed by atoms with Gasteiger partial charge in [0.05, 0.1) is 41.6 Å². The summed E-state index contributed by atoms with van der Waals surface area (Å²) in [7, 11) is -1.76. The van der Waals surface area contributed by atoms with Gasteiger partial charge in [-0.25, -0.2) is 4.21 Å². The van der Waals surface area contributed by atoms with Crippen LogP contribution < -0.4 is 0 Å². The minimum Gasteiger partial charge on any atom is -0.258 e. The van der Waals surface area contributed by atoms with Crippen LogP contribution in [0.5, 0.6) is 0 Å². The molecule has 0 aromatic heterocycles. The van der Waals surface area contributed by atoms with Crippen LogP contribution in [-0.2, 0) is 10.8 Å². The van der Waals surface area contributed by atoms with Crippen molar-refractivity contribution >= 4 is 22.2 Å². The lowest BCUT2D eigenvalue weighted by Crippen LogP contribution is -2.01. The van der Waals surface area contributed by atoms with Crippen LogP contribution in [0.4, 0.5) is 11.4 Å². The molecule has 158 valence electrons. The van der Waals surface area contributed by atoms with Gasteiger partial charge in [-0.3, -0.25) is 20.2 Å². The van der Waals surface area contributed by atoms with E-state index in [1.807, 2.05) is 0 Å². The SMILES string of the molecule is O=[N+]([O-])c1ccccc1-c1ccccc1S(=O)c1ccccc1-c1ccccc1[N+](=O)[O-].